The number of nitrogens with one attached hydrogen (secondary N) is 1. The third-order valence-electron chi connectivity index (χ3n) is 3.55. The largest absolute Gasteiger partial charge is 0.496 e. The number of carbonyl (C=O) groups is 1. The monoisotopic (exact) mass is 331 g/mol. The maximum Gasteiger partial charge on any atom is 0.259 e. The molecule has 0 radical (unpaired) electrons. The van der Waals surface area contributed by atoms with Crippen molar-refractivity contribution in [2.24, 2.45) is 0 Å². The first-order valence-corrected chi connectivity index (χ1v) is 7.30. The van der Waals surface area contributed by atoms with Crippen LogP contribution >= 0.6 is 0 Å². The standard InChI is InChI=1S/C18H21NO5/c1-11-6-7-14(21-2)13(8-11)19-18(20)12-9-16(23-4)17(24-5)10-15(12)22-3/h6-10H,1-5H3,(H,19,20). The summed E-state index contributed by atoms with van der Waals surface area (Å²) >= 11 is 0. The first kappa shape index (κ1) is 17.5. The Morgan fingerprint density at radius 3 is 1.96 bits per heavy atom. The van der Waals surface area contributed by atoms with Crippen molar-refractivity contribution in [3.63, 3.8) is 0 Å². The Bertz CT molecular complexity index is 742. The van der Waals surface area contributed by atoms with E-state index >= 15 is 0 Å². The molecule has 6 heteroatoms. The lowest BCUT2D eigenvalue weighted by molar-refractivity contribution is 0.102. The van der Waals surface area contributed by atoms with Gasteiger partial charge in [-0.1, -0.05) is 6.07 Å². The molecular weight excluding hydrogens is 310 g/mol. The smallest absolute Gasteiger partial charge is 0.259 e. The maximum absolute atomic E-state index is 12.7. The van der Waals surface area contributed by atoms with Gasteiger partial charge in [0.1, 0.15) is 11.5 Å². The highest BCUT2D eigenvalue weighted by Crippen LogP contribution is 2.35. The van der Waals surface area contributed by atoms with Crippen LogP contribution in [0.15, 0.2) is 30.3 Å². The molecule has 128 valence electrons. The predicted molar refractivity (Wildman–Crippen MR) is 91.8 cm³/mol. The first-order valence-electron chi connectivity index (χ1n) is 7.30. The molecule has 0 bridgehead atoms. The Morgan fingerprint density at radius 2 is 1.38 bits per heavy atom. The van der Waals surface area contributed by atoms with Crippen molar-refractivity contribution in [1.82, 2.24) is 0 Å². The van der Waals surface area contributed by atoms with Crippen molar-refractivity contribution >= 4 is 11.6 Å². The lowest BCUT2D eigenvalue weighted by atomic mass is 10.1. The highest BCUT2D eigenvalue weighted by molar-refractivity contribution is 6.07. The molecule has 0 atom stereocenters. The second-order valence-corrected chi connectivity index (χ2v) is 5.07. The SMILES string of the molecule is COc1ccc(C)cc1NC(=O)c1cc(OC)c(OC)cc1OC. The van der Waals surface area contributed by atoms with Gasteiger partial charge in [-0.05, 0) is 24.6 Å². The fraction of sp³-hybridized carbons (Fsp3) is 0.278. The third-order valence-corrected chi connectivity index (χ3v) is 3.55. The molecule has 0 aromatic heterocycles. The summed E-state index contributed by atoms with van der Waals surface area (Å²) < 4.78 is 21.1. The van der Waals surface area contributed by atoms with Gasteiger partial charge in [0.05, 0.1) is 39.7 Å². The number of benzene rings is 2. The molecule has 2 aromatic rings. The number of carbonyl (C=O) groups excluding carboxylic acids is 1. The summed E-state index contributed by atoms with van der Waals surface area (Å²) in [6, 6.07) is 8.74. The van der Waals surface area contributed by atoms with Crippen LogP contribution in [0, 0.1) is 6.92 Å². The van der Waals surface area contributed by atoms with Crippen LogP contribution in [0.4, 0.5) is 5.69 Å². The van der Waals surface area contributed by atoms with Crippen LogP contribution in [0.2, 0.25) is 0 Å². The van der Waals surface area contributed by atoms with Crippen LogP contribution in [0.5, 0.6) is 23.0 Å². The minimum atomic E-state index is -0.336. The van der Waals surface area contributed by atoms with E-state index < -0.39 is 0 Å². The van der Waals surface area contributed by atoms with Gasteiger partial charge in [-0.15, -0.1) is 0 Å². The minimum absolute atomic E-state index is 0.332. The van der Waals surface area contributed by atoms with Gasteiger partial charge in [0, 0.05) is 12.1 Å². The zero-order valence-electron chi connectivity index (χ0n) is 14.4. The normalized spacial score (nSPS) is 10.0. The Balaban J connectivity index is 2.41. The molecule has 2 aromatic carbocycles. The quantitative estimate of drug-likeness (QED) is 0.880. The molecule has 0 heterocycles. The van der Waals surface area contributed by atoms with Gasteiger partial charge in [-0.2, -0.15) is 0 Å². The van der Waals surface area contributed by atoms with Crippen LogP contribution in [0.1, 0.15) is 15.9 Å². The lowest BCUT2D eigenvalue weighted by Gasteiger charge is -2.15. The number of hydrogen-bond acceptors (Lipinski definition) is 5. The number of ether oxygens (including phenoxy) is 4. The predicted octanol–water partition coefficient (Wildman–Crippen LogP) is 3.28. The summed E-state index contributed by atoms with van der Waals surface area (Å²) in [7, 11) is 6.08. The van der Waals surface area contributed by atoms with E-state index in [2.05, 4.69) is 5.32 Å². The van der Waals surface area contributed by atoms with E-state index in [1.54, 1.807) is 25.3 Å². The number of anilines is 1. The highest BCUT2D eigenvalue weighted by Gasteiger charge is 2.19. The number of amides is 1. The summed E-state index contributed by atoms with van der Waals surface area (Å²) in [5.41, 5.74) is 1.92. The van der Waals surface area contributed by atoms with E-state index in [-0.39, 0.29) is 5.91 Å². The van der Waals surface area contributed by atoms with Gasteiger partial charge in [0.15, 0.2) is 11.5 Å². The molecule has 0 aliphatic rings. The fourth-order valence-electron chi connectivity index (χ4n) is 2.32. The van der Waals surface area contributed by atoms with E-state index in [4.69, 9.17) is 18.9 Å². The molecule has 0 aliphatic heterocycles. The van der Waals surface area contributed by atoms with Crippen molar-refractivity contribution in [2.75, 3.05) is 33.8 Å². The molecule has 0 spiro atoms. The average molecular weight is 331 g/mol. The van der Waals surface area contributed by atoms with Crippen LogP contribution < -0.4 is 24.3 Å². The molecule has 0 aliphatic carbocycles. The van der Waals surface area contributed by atoms with Crippen molar-refractivity contribution in [2.45, 2.75) is 6.92 Å². The molecule has 2 rings (SSSR count). The molecule has 1 amide bonds. The van der Waals surface area contributed by atoms with Gasteiger partial charge in [-0.25, -0.2) is 0 Å². The number of hydrogen-bond donors (Lipinski definition) is 1. The summed E-state index contributed by atoms with van der Waals surface area (Å²) in [6.45, 7) is 1.94. The zero-order valence-corrected chi connectivity index (χ0v) is 14.4. The first-order chi connectivity index (χ1) is 11.5. The summed E-state index contributed by atoms with van der Waals surface area (Å²) in [5.74, 6) is 1.56. The van der Waals surface area contributed by atoms with Crippen LogP contribution in [-0.2, 0) is 0 Å². The molecule has 0 unspecified atom stereocenters. The number of methoxy groups -OCH3 is 4. The van der Waals surface area contributed by atoms with Crippen molar-refractivity contribution < 1.29 is 23.7 Å². The molecule has 6 nitrogen and oxygen atoms in total. The molecule has 0 fully saturated rings. The van der Waals surface area contributed by atoms with Crippen LogP contribution in [0.3, 0.4) is 0 Å². The van der Waals surface area contributed by atoms with Gasteiger partial charge in [-0.3, -0.25) is 4.79 Å². The summed E-state index contributed by atoms with van der Waals surface area (Å²) in [5, 5.41) is 2.84. The highest BCUT2D eigenvalue weighted by atomic mass is 16.5. The average Bonchev–Trinajstić information content (AvgIpc) is 2.60. The van der Waals surface area contributed by atoms with E-state index in [0.29, 0.717) is 34.2 Å². The Morgan fingerprint density at radius 1 is 0.792 bits per heavy atom. The van der Waals surface area contributed by atoms with Crippen LogP contribution in [-0.4, -0.2) is 34.3 Å². The van der Waals surface area contributed by atoms with E-state index in [9.17, 15) is 4.79 Å². The zero-order chi connectivity index (χ0) is 17.7. The fourth-order valence-corrected chi connectivity index (χ4v) is 2.32. The second-order valence-electron chi connectivity index (χ2n) is 5.07. The summed E-state index contributed by atoms with van der Waals surface area (Å²) in [6.07, 6.45) is 0. The third kappa shape index (κ3) is 3.53. The molecule has 0 saturated heterocycles. The van der Waals surface area contributed by atoms with Gasteiger partial charge < -0.3 is 24.3 Å². The molecule has 24 heavy (non-hydrogen) atoms. The number of rotatable bonds is 6. The van der Waals surface area contributed by atoms with Gasteiger partial charge in [0.25, 0.3) is 5.91 Å². The number of aryl methyl sites for hydroxylation is 1. The van der Waals surface area contributed by atoms with E-state index in [0.717, 1.165) is 5.56 Å². The van der Waals surface area contributed by atoms with Crippen molar-refractivity contribution in [3.8, 4) is 23.0 Å². The summed E-state index contributed by atoms with van der Waals surface area (Å²) in [4.78, 5) is 12.7. The Kier molecular flexibility index (Phi) is 5.52. The topological polar surface area (TPSA) is 66.0 Å². The van der Waals surface area contributed by atoms with Gasteiger partial charge >= 0.3 is 0 Å². The Labute approximate surface area is 141 Å². The van der Waals surface area contributed by atoms with E-state index in [1.165, 1.54) is 21.3 Å². The maximum atomic E-state index is 12.7. The van der Waals surface area contributed by atoms with Crippen molar-refractivity contribution in [3.05, 3.63) is 41.5 Å². The lowest BCUT2D eigenvalue weighted by Crippen LogP contribution is -2.14. The second kappa shape index (κ2) is 7.59. The molecule has 1 N–H and O–H groups in total. The molecule has 0 saturated carbocycles. The van der Waals surface area contributed by atoms with E-state index in [1.807, 2.05) is 19.1 Å². The minimum Gasteiger partial charge on any atom is -0.496 e. The molecular formula is C18H21NO5. The van der Waals surface area contributed by atoms with Crippen LogP contribution in [0.25, 0.3) is 0 Å². The van der Waals surface area contributed by atoms with Crippen molar-refractivity contribution in [1.29, 1.82) is 0 Å². The Hall–Kier alpha value is -2.89. The van der Waals surface area contributed by atoms with Gasteiger partial charge in [0.2, 0.25) is 0 Å².